The van der Waals surface area contributed by atoms with Gasteiger partial charge in [0, 0.05) is 36.7 Å². The molecule has 1 aromatic carbocycles. The van der Waals surface area contributed by atoms with Gasteiger partial charge in [-0.1, -0.05) is 44.2 Å². The van der Waals surface area contributed by atoms with Crippen molar-refractivity contribution in [2.24, 2.45) is 5.92 Å². The van der Waals surface area contributed by atoms with Crippen LogP contribution in [0.5, 0.6) is 0 Å². The monoisotopic (exact) mass is 410 g/mol. The molecular weight excluding hydrogens is 380 g/mol. The van der Waals surface area contributed by atoms with Crippen molar-refractivity contribution >= 4 is 11.8 Å². The molecule has 1 aromatic heterocycles. The van der Waals surface area contributed by atoms with Crippen LogP contribution in [-0.2, 0) is 16.1 Å². The summed E-state index contributed by atoms with van der Waals surface area (Å²) in [4.78, 5) is 39.1. The van der Waals surface area contributed by atoms with Crippen molar-refractivity contribution in [3.63, 3.8) is 0 Å². The number of carbonyl (C=O) groups excluding carboxylic acids is 2. The Balaban J connectivity index is 1.56. The highest BCUT2D eigenvalue weighted by Gasteiger charge is 2.27. The fourth-order valence-electron chi connectivity index (χ4n) is 3.87. The fourth-order valence-corrected chi connectivity index (χ4v) is 3.87. The van der Waals surface area contributed by atoms with E-state index in [4.69, 9.17) is 0 Å². The fraction of sp³-hybridized carbons (Fsp3) is 0.478. The van der Waals surface area contributed by atoms with Crippen LogP contribution in [-0.4, -0.2) is 45.6 Å². The molecule has 1 saturated heterocycles. The molecule has 160 valence electrons. The molecule has 0 unspecified atom stereocenters. The molecule has 1 aliphatic heterocycles. The molecule has 1 fully saturated rings. The Kier molecular flexibility index (Phi) is 7.38. The molecule has 0 bridgehead atoms. The van der Waals surface area contributed by atoms with E-state index in [2.05, 4.69) is 10.4 Å². The Bertz CT molecular complexity index is 914. The Morgan fingerprint density at radius 3 is 2.37 bits per heavy atom. The number of hydrogen-bond acceptors (Lipinski definition) is 4. The number of nitrogens with zero attached hydrogens (tertiary/aromatic N) is 3. The van der Waals surface area contributed by atoms with Crippen LogP contribution in [0.3, 0.4) is 0 Å². The molecule has 1 aliphatic rings. The van der Waals surface area contributed by atoms with Crippen LogP contribution in [0.25, 0.3) is 11.3 Å². The van der Waals surface area contributed by atoms with Crippen LogP contribution < -0.4 is 10.9 Å². The SMILES string of the molecule is CCC(CC)C(=O)N1CCC(NC(=O)Cn2nc(-c3ccccc3)ccc2=O)CC1. The molecule has 0 atom stereocenters. The lowest BCUT2D eigenvalue weighted by Gasteiger charge is -2.34. The zero-order chi connectivity index (χ0) is 21.5. The van der Waals surface area contributed by atoms with Gasteiger partial charge in [0.1, 0.15) is 6.54 Å². The summed E-state index contributed by atoms with van der Waals surface area (Å²) in [6.45, 7) is 5.28. The molecule has 7 heteroatoms. The number of rotatable bonds is 7. The van der Waals surface area contributed by atoms with Crippen molar-refractivity contribution in [2.75, 3.05) is 13.1 Å². The topological polar surface area (TPSA) is 84.3 Å². The second-order valence-corrected chi connectivity index (χ2v) is 7.76. The number of benzene rings is 1. The predicted molar refractivity (Wildman–Crippen MR) is 116 cm³/mol. The summed E-state index contributed by atoms with van der Waals surface area (Å²) in [5.41, 5.74) is 1.23. The van der Waals surface area contributed by atoms with Crippen molar-refractivity contribution in [1.29, 1.82) is 0 Å². The first-order chi connectivity index (χ1) is 14.5. The summed E-state index contributed by atoms with van der Waals surface area (Å²) < 4.78 is 1.20. The lowest BCUT2D eigenvalue weighted by Crippen LogP contribution is -2.48. The molecule has 7 nitrogen and oxygen atoms in total. The molecule has 30 heavy (non-hydrogen) atoms. The lowest BCUT2D eigenvalue weighted by atomic mass is 9.98. The Hall–Kier alpha value is -2.96. The highest BCUT2D eigenvalue weighted by atomic mass is 16.2. The summed E-state index contributed by atoms with van der Waals surface area (Å²) in [5, 5.41) is 7.33. The summed E-state index contributed by atoms with van der Waals surface area (Å²) >= 11 is 0. The van der Waals surface area contributed by atoms with Crippen molar-refractivity contribution in [2.45, 2.75) is 52.1 Å². The highest BCUT2D eigenvalue weighted by Crippen LogP contribution is 2.17. The van der Waals surface area contributed by atoms with Gasteiger partial charge in [-0.25, -0.2) is 4.68 Å². The highest BCUT2D eigenvalue weighted by molar-refractivity contribution is 5.79. The summed E-state index contributed by atoms with van der Waals surface area (Å²) in [6.07, 6.45) is 3.17. The average Bonchev–Trinajstić information content (AvgIpc) is 2.77. The minimum absolute atomic E-state index is 0.0104. The zero-order valence-electron chi connectivity index (χ0n) is 17.7. The summed E-state index contributed by atoms with van der Waals surface area (Å²) in [7, 11) is 0. The number of carbonyl (C=O) groups is 2. The first kappa shape index (κ1) is 21.7. The number of piperidine rings is 1. The van der Waals surface area contributed by atoms with E-state index in [1.54, 1.807) is 6.07 Å². The molecule has 2 amide bonds. The van der Waals surface area contributed by atoms with Crippen LogP contribution >= 0.6 is 0 Å². The first-order valence-corrected chi connectivity index (χ1v) is 10.7. The van der Waals surface area contributed by atoms with E-state index in [1.807, 2.05) is 49.1 Å². The molecule has 0 spiro atoms. The molecule has 3 rings (SSSR count). The van der Waals surface area contributed by atoms with Crippen LogP contribution in [0.1, 0.15) is 39.5 Å². The number of nitrogens with one attached hydrogen (secondary N) is 1. The Labute approximate surface area is 177 Å². The number of aromatic nitrogens is 2. The molecule has 0 saturated carbocycles. The van der Waals surface area contributed by atoms with Gasteiger partial charge in [0.25, 0.3) is 5.56 Å². The normalized spacial score (nSPS) is 14.7. The molecular formula is C23H30N4O3. The second-order valence-electron chi connectivity index (χ2n) is 7.76. The third-order valence-electron chi connectivity index (χ3n) is 5.74. The zero-order valence-corrected chi connectivity index (χ0v) is 17.7. The van der Waals surface area contributed by atoms with Crippen molar-refractivity contribution in [3.8, 4) is 11.3 Å². The van der Waals surface area contributed by atoms with Gasteiger partial charge in [0.2, 0.25) is 11.8 Å². The minimum atomic E-state index is -0.310. The largest absolute Gasteiger partial charge is 0.352 e. The van der Waals surface area contributed by atoms with Crippen LogP contribution in [0.2, 0.25) is 0 Å². The van der Waals surface area contributed by atoms with E-state index < -0.39 is 0 Å². The van der Waals surface area contributed by atoms with Crippen molar-refractivity contribution in [3.05, 3.63) is 52.8 Å². The van der Waals surface area contributed by atoms with Gasteiger partial charge < -0.3 is 10.2 Å². The Morgan fingerprint density at radius 1 is 1.07 bits per heavy atom. The molecule has 2 aromatic rings. The second kappa shape index (κ2) is 10.2. The van der Waals surface area contributed by atoms with Gasteiger partial charge in [0.05, 0.1) is 5.69 Å². The van der Waals surface area contributed by atoms with E-state index in [9.17, 15) is 14.4 Å². The average molecular weight is 411 g/mol. The van der Waals surface area contributed by atoms with Crippen LogP contribution in [0.4, 0.5) is 0 Å². The van der Waals surface area contributed by atoms with E-state index in [-0.39, 0.29) is 35.9 Å². The first-order valence-electron chi connectivity index (χ1n) is 10.7. The van der Waals surface area contributed by atoms with Gasteiger partial charge >= 0.3 is 0 Å². The smallest absolute Gasteiger partial charge is 0.267 e. The lowest BCUT2D eigenvalue weighted by molar-refractivity contribution is -0.137. The molecule has 0 aliphatic carbocycles. The van der Waals surface area contributed by atoms with Gasteiger partial charge in [-0.05, 0) is 31.7 Å². The number of amides is 2. The van der Waals surface area contributed by atoms with Gasteiger partial charge in [-0.15, -0.1) is 0 Å². The summed E-state index contributed by atoms with van der Waals surface area (Å²) in [6, 6.07) is 12.6. The minimum Gasteiger partial charge on any atom is -0.352 e. The van der Waals surface area contributed by atoms with E-state index in [0.29, 0.717) is 18.8 Å². The van der Waals surface area contributed by atoms with E-state index in [1.165, 1.54) is 10.7 Å². The van der Waals surface area contributed by atoms with Gasteiger partial charge in [0.15, 0.2) is 0 Å². The van der Waals surface area contributed by atoms with Gasteiger partial charge in [-0.2, -0.15) is 5.10 Å². The maximum Gasteiger partial charge on any atom is 0.267 e. The van der Waals surface area contributed by atoms with E-state index in [0.717, 1.165) is 31.2 Å². The summed E-state index contributed by atoms with van der Waals surface area (Å²) in [5.74, 6) is 0.0730. The quantitative estimate of drug-likeness (QED) is 0.760. The maximum atomic E-state index is 12.5. The van der Waals surface area contributed by atoms with Crippen LogP contribution in [0.15, 0.2) is 47.3 Å². The predicted octanol–water partition coefficient (Wildman–Crippen LogP) is 2.45. The van der Waals surface area contributed by atoms with Crippen molar-refractivity contribution < 1.29 is 9.59 Å². The van der Waals surface area contributed by atoms with Gasteiger partial charge in [-0.3, -0.25) is 14.4 Å². The van der Waals surface area contributed by atoms with E-state index >= 15 is 0 Å². The number of likely N-dealkylation sites (tertiary alicyclic amines) is 1. The maximum absolute atomic E-state index is 12.5. The standard InChI is InChI=1S/C23H30N4O3/c1-3-17(4-2)23(30)26-14-12-19(13-15-26)24-21(28)16-27-22(29)11-10-20(25-27)18-8-6-5-7-9-18/h5-11,17,19H,3-4,12-16H2,1-2H3,(H,24,28). The van der Waals surface area contributed by atoms with Crippen molar-refractivity contribution in [1.82, 2.24) is 20.0 Å². The third kappa shape index (κ3) is 5.34. The third-order valence-corrected chi connectivity index (χ3v) is 5.74. The Morgan fingerprint density at radius 2 is 1.73 bits per heavy atom. The molecule has 2 heterocycles. The molecule has 1 N–H and O–H groups in total. The molecule has 0 radical (unpaired) electrons. The van der Waals surface area contributed by atoms with Crippen LogP contribution in [0, 0.1) is 5.92 Å². The number of hydrogen-bond donors (Lipinski definition) is 1.